The van der Waals surface area contributed by atoms with Gasteiger partial charge in [-0.25, -0.2) is 9.59 Å². The summed E-state index contributed by atoms with van der Waals surface area (Å²) in [5.41, 5.74) is 0. The Balaban J connectivity index is -0.0000000729. The molecule has 0 rings (SSSR count). The average molecular weight is 348 g/mol. The Labute approximate surface area is 105 Å². The van der Waals surface area contributed by atoms with E-state index in [-0.39, 0.29) is 17.1 Å². The fourth-order valence-electron chi connectivity index (χ4n) is 0. The molecule has 15 heteroatoms. The predicted molar refractivity (Wildman–Crippen MR) is 39.9 cm³/mol. The van der Waals surface area contributed by atoms with Gasteiger partial charge in [0, 0.05) is 10.4 Å². The van der Waals surface area contributed by atoms with Gasteiger partial charge >= 0.3 is 39.4 Å². The van der Waals surface area contributed by atoms with Crippen LogP contribution in [0.4, 0.5) is 0 Å². The molecular weight excluding hydrogens is 344 g/mol. The molecule has 0 aliphatic heterocycles. The van der Waals surface area contributed by atoms with Crippen LogP contribution in [0.2, 0.25) is 0 Å². The molecule has 0 fully saturated rings. The minimum absolute atomic E-state index is 0. The third-order valence-corrected chi connectivity index (χ3v) is 0.183. The van der Waals surface area contributed by atoms with Crippen molar-refractivity contribution in [3.63, 3.8) is 0 Å². The Kier molecular flexibility index (Phi) is 15.3. The zero-order valence-electron chi connectivity index (χ0n) is 7.17. The van der Waals surface area contributed by atoms with Gasteiger partial charge in [-0.3, -0.25) is 17.5 Å². The van der Waals surface area contributed by atoms with Crippen molar-refractivity contribution in [3.8, 4) is 0 Å². The second kappa shape index (κ2) is 10.4. The van der Waals surface area contributed by atoms with Crippen molar-refractivity contribution < 1.29 is 71.9 Å². The number of carboxylic acid groups (broad SMARTS) is 2. The molecule has 0 heterocycles. The Morgan fingerprint density at radius 3 is 0.882 bits per heavy atom. The molecule has 0 aromatic heterocycles. The van der Waals surface area contributed by atoms with Crippen LogP contribution >= 0.6 is 0 Å². The molecular formula is C2H4CuO12S2. The first kappa shape index (κ1) is 25.1. The smallest absolute Gasteiger partial charge is 0.759 e. The standard InChI is InChI=1S/C2H2O4.Cu.2H2O4S/c3-1(4)2(5)6;;2*1-5(2,3)4/h(H,3,4)(H,5,6);;2*(H2,1,2,3,4)/q;+2;;/p-2. The van der Waals surface area contributed by atoms with Gasteiger partial charge < -0.3 is 19.3 Å². The van der Waals surface area contributed by atoms with Crippen LogP contribution in [0.5, 0.6) is 0 Å². The van der Waals surface area contributed by atoms with Crippen molar-refractivity contribution >= 4 is 32.7 Å². The van der Waals surface area contributed by atoms with Gasteiger partial charge in [0.15, 0.2) is 0 Å². The minimum Gasteiger partial charge on any atom is -0.759 e. The summed E-state index contributed by atoms with van der Waals surface area (Å²) in [7, 11) is -9.83. The summed E-state index contributed by atoms with van der Waals surface area (Å²) in [6, 6.07) is 0. The fraction of sp³-hybridized carbons (Fsp3) is 0. The molecule has 0 amide bonds. The quantitative estimate of drug-likeness (QED) is 0.150. The molecule has 0 aliphatic rings. The Bertz CT molecular complexity index is 357. The molecule has 0 bridgehead atoms. The predicted octanol–water partition coefficient (Wildman–Crippen LogP) is -2.84. The normalized spacial score (nSPS) is 9.41. The molecule has 0 saturated heterocycles. The van der Waals surface area contributed by atoms with E-state index in [0.29, 0.717) is 0 Å². The summed E-state index contributed by atoms with van der Waals surface area (Å²) in [5.74, 6) is -3.65. The summed E-state index contributed by atoms with van der Waals surface area (Å²) < 4.78 is 65.7. The molecule has 0 spiro atoms. The Morgan fingerprint density at radius 1 is 0.824 bits per heavy atom. The van der Waals surface area contributed by atoms with E-state index in [1.807, 2.05) is 0 Å². The van der Waals surface area contributed by atoms with Crippen molar-refractivity contribution in [2.24, 2.45) is 0 Å². The van der Waals surface area contributed by atoms with Crippen LogP contribution in [0.15, 0.2) is 0 Å². The third kappa shape index (κ3) is 259. The summed E-state index contributed by atoms with van der Waals surface area (Å²) >= 11 is 0. The molecule has 17 heavy (non-hydrogen) atoms. The number of rotatable bonds is 0. The van der Waals surface area contributed by atoms with Crippen LogP contribution in [0, 0.1) is 0 Å². The maximum atomic E-state index is 9.10. The van der Waals surface area contributed by atoms with Crippen LogP contribution in [0.25, 0.3) is 0 Å². The topological polar surface area (TPSA) is 229 Å². The molecule has 0 aromatic rings. The van der Waals surface area contributed by atoms with Crippen molar-refractivity contribution in [1.29, 1.82) is 0 Å². The fourth-order valence-corrected chi connectivity index (χ4v) is 0. The van der Waals surface area contributed by atoms with Gasteiger partial charge in [-0.2, -0.15) is 8.42 Å². The van der Waals surface area contributed by atoms with Crippen LogP contribution in [0.1, 0.15) is 0 Å². The summed E-state index contributed by atoms with van der Waals surface area (Å²) in [5, 5.41) is 14.8. The number of aliphatic carboxylic acids is 2. The zero-order valence-corrected chi connectivity index (χ0v) is 9.75. The average Bonchev–Trinajstić information content (AvgIpc) is 1.77. The third-order valence-electron chi connectivity index (χ3n) is 0.183. The maximum absolute atomic E-state index is 9.10. The van der Waals surface area contributed by atoms with E-state index in [4.69, 9.17) is 54.8 Å². The first-order valence-electron chi connectivity index (χ1n) is 2.47. The van der Waals surface area contributed by atoms with E-state index in [1.54, 1.807) is 0 Å². The van der Waals surface area contributed by atoms with Gasteiger partial charge in [-0.1, -0.05) is 0 Å². The summed E-state index contributed by atoms with van der Waals surface area (Å²) in [6.45, 7) is 0. The molecule has 4 N–H and O–H groups in total. The molecule has 1 radical (unpaired) electrons. The van der Waals surface area contributed by atoms with Crippen LogP contribution in [0.3, 0.4) is 0 Å². The van der Waals surface area contributed by atoms with Crippen molar-refractivity contribution in [2.75, 3.05) is 0 Å². The monoisotopic (exact) mass is 347 g/mol. The number of hydrogen-bond donors (Lipinski definition) is 4. The van der Waals surface area contributed by atoms with Gasteiger partial charge in [0.25, 0.3) is 0 Å². The second-order valence-electron chi connectivity index (χ2n) is 1.47. The van der Waals surface area contributed by atoms with E-state index in [1.165, 1.54) is 0 Å². The molecule has 0 aromatic carbocycles. The largest absolute Gasteiger partial charge is 2.00 e. The maximum Gasteiger partial charge on any atom is 2.00 e. The van der Waals surface area contributed by atoms with E-state index in [9.17, 15) is 0 Å². The van der Waals surface area contributed by atoms with Crippen molar-refractivity contribution in [2.45, 2.75) is 0 Å². The van der Waals surface area contributed by atoms with E-state index >= 15 is 0 Å². The minimum atomic E-state index is -5.17. The van der Waals surface area contributed by atoms with Crippen molar-refractivity contribution in [3.05, 3.63) is 0 Å². The molecule has 0 atom stereocenters. The van der Waals surface area contributed by atoms with E-state index in [0.717, 1.165) is 0 Å². The molecule has 12 nitrogen and oxygen atoms in total. The van der Waals surface area contributed by atoms with E-state index < -0.39 is 32.7 Å². The Morgan fingerprint density at radius 2 is 0.882 bits per heavy atom. The summed E-state index contributed by atoms with van der Waals surface area (Å²) in [4.78, 5) is 18.2. The van der Waals surface area contributed by atoms with Crippen molar-refractivity contribution in [1.82, 2.24) is 0 Å². The summed E-state index contributed by atoms with van der Waals surface area (Å²) in [6.07, 6.45) is 0. The van der Waals surface area contributed by atoms with Crippen LogP contribution in [-0.2, 0) is 47.5 Å². The molecule has 0 unspecified atom stereocenters. The van der Waals surface area contributed by atoms with Gasteiger partial charge in [0.05, 0.1) is 0 Å². The van der Waals surface area contributed by atoms with Gasteiger partial charge in [0.1, 0.15) is 0 Å². The van der Waals surface area contributed by atoms with E-state index in [2.05, 4.69) is 0 Å². The first-order valence-corrected chi connectivity index (χ1v) is 5.20. The molecule has 0 aliphatic carbocycles. The second-order valence-corrected chi connectivity index (χ2v) is 3.18. The molecule has 107 valence electrons. The zero-order chi connectivity index (χ0) is 14.2. The SMILES string of the molecule is O=C(O)C(=O)O.O=S(=O)(O)O.O=S(=O)([O-])[O-].[Cu+2]. The van der Waals surface area contributed by atoms with Gasteiger partial charge in [0.2, 0.25) is 0 Å². The molecule has 0 saturated carbocycles. The number of carbonyl (C=O) groups is 2. The van der Waals surface area contributed by atoms with Gasteiger partial charge in [-0.15, -0.1) is 0 Å². The Hall–Kier alpha value is -0.801. The number of carboxylic acids is 2. The first-order chi connectivity index (χ1) is 6.64. The van der Waals surface area contributed by atoms with Crippen LogP contribution in [-0.4, -0.2) is 57.2 Å². The number of hydrogen-bond acceptors (Lipinski definition) is 8. The van der Waals surface area contributed by atoms with Gasteiger partial charge in [-0.05, 0) is 0 Å². The van der Waals surface area contributed by atoms with Crippen LogP contribution < -0.4 is 0 Å².